The van der Waals surface area contributed by atoms with Gasteiger partial charge in [0, 0.05) is 11.9 Å². The van der Waals surface area contributed by atoms with Crippen LogP contribution in [0.15, 0.2) is 6.20 Å². The van der Waals surface area contributed by atoms with E-state index in [1.54, 1.807) is 6.20 Å². The van der Waals surface area contributed by atoms with Gasteiger partial charge in [0.25, 0.3) is 0 Å². The molecular weight excluding hydrogens is 164 g/mol. The van der Waals surface area contributed by atoms with Crippen LogP contribution in [0.3, 0.4) is 0 Å². The SMILES string of the molecule is Cc1ncc(CC(N)=O)c(C)c1C. The molecule has 3 heteroatoms. The Labute approximate surface area is 78.0 Å². The van der Waals surface area contributed by atoms with Crippen molar-refractivity contribution in [1.29, 1.82) is 0 Å². The van der Waals surface area contributed by atoms with Crippen LogP contribution in [0.25, 0.3) is 0 Å². The molecule has 1 amide bonds. The second-order valence-corrected chi connectivity index (χ2v) is 3.26. The van der Waals surface area contributed by atoms with Crippen molar-refractivity contribution in [2.75, 3.05) is 0 Å². The number of amides is 1. The number of rotatable bonds is 2. The molecule has 0 saturated carbocycles. The zero-order valence-corrected chi connectivity index (χ0v) is 8.22. The smallest absolute Gasteiger partial charge is 0.221 e. The summed E-state index contributed by atoms with van der Waals surface area (Å²) in [5, 5.41) is 0. The molecule has 13 heavy (non-hydrogen) atoms. The standard InChI is InChI=1S/C10H14N2O/c1-6-7(2)9(4-10(11)13)5-12-8(6)3/h5H,4H2,1-3H3,(H2,11,13). The minimum absolute atomic E-state index is 0.278. The molecule has 0 aliphatic heterocycles. The quantitative estimate of drug-likeness (QED) is 0.735. The number of hydrogen-bond acceptors (Lipinski definition) is 2. The molecule has 0 fully saturated rings. The predicted molar refractivity (Wildman–Crippen MR) is 51.3 cm³/mol. The first kappa shape index (κ1) is 9.71. The molecule has 0 aliphatic rings. The number of pyridine rings is 1. The molecule has 1 heterocycles. The molecule has 0 radical (unpaired) electrons. The van der Waals surface area contributed by atoms with Gasteiger partial charge in [-0.1, -0.05) is 0 Å². The molecular formula is C10H14N2O. The Hall–Kier alpha value is -1.38. The average Bonchev–Trinajstić information content (AvgIpc) is 2.06. The van der Waals surface area contributed by atoms with Crippen molar-refractivity contribution in [3.8, 4) is 0 Å². The van der Waals surface area contributed by atoms with E-state index in [0.29, 0.717) is 0 Å². The summed E-state index contributed by atoms with van der Waals surface area (Å²) in [4.78, 5) is 14.9. The van der Waals surface area contributed by atoms with Crippen molar-refractivity contribution in [3.63, 3.8) is 0 Å². The predicted octanol–water partition coefficient (Wildman–Crippen LogP) is 1.03. The lowest BCUT2D eigenvalue weighted by atomic mass is 10.0. The van der Waals surface area contributed by atoms with Crippen LogP contribution in [-0.4, -0.2) is 10.9 Å². The highest BCUT2D eigenvalue weighted by molar-refractivity contribution is 5.77. The number of carbonyl (C=O) groups is 1. The summed E-state index contributed by atoms with van der Waals surface area (Å²) in [6, 6.07) is 0. The van der Waals surface area contributed by atoms with Crippen molar-refractivity contribution in [2.24, 2.45) is 5.73 Å². The van der Waals surface area contributed by atoms with Gasteiger partial charge in [0.05, 0.1) is 6.42 Å². The normalized spacial score (nSPS) is 10.1. The van der Waals surface area contributed by atoms with E-state index in [1.807, 2.05) is 20.8 Å². The Bertz CT molecular complexity index is 345. The van der Waals surface area contributed by atoms with Gasteiger partial charge in [-0.25, -0.2) is 0 Å². The number of carbonyl (C=O) groups excluding carboxylic acids is 1. The summed E-state index contributed by atoms with van der Waals surface area (Å²) in [6.45, 7) is 5.95. The second kappa shape index (κ2) is 3.56. The average molecular weight is 178 g/mol. The lowest BCUT2D eigenvalue weighted by Gasteiger charge is -2.08. The van der Waals surface area contributed by atoms with Gasteiger partial charge in [-0.3, -0.25) is 9.78 Å². The maximum atomic E-state index is 10.7. The maximum absolute atomic E-state index is 10.7. The molecule has 1 aromatic rings. The Morgan fingerprint density at radius 1 is 1.38 bits per heavy atom. The van der Waals surface area contributed by atoms with Gasteiger partial charge in [-0.2, -0.15) is 0 Å². The molecule has 0 atom stereocenters. The fraction of sp³-hybridized carbons (Fsp3) is 0.400. The molecule has 1 aromatic heterocycles. The van der Waals surface area contributed by atoms with E-state index in [-0.39, 0.29) is 12.3 Å². The fourth-order valence-corrected chi connectivity index (χ4v) is 1.25. The second-order valence-electron chi connectivity index (χ2n) is 3.26. The Morgan fingerprint density at radius 2 is 2.00 bits per heavy atom. The van der Waals surface area contributed by atoms with Crippen molar-refractivity contribution < 1.29 is 4.79 Å². The van der Waals surface area contributed by atoms with Crippen molar-refractivity contribution in [1.82, 2.24) is 4.98 Å². The first-order chi connectivity index (χ1) is 6.02. The van der Waals surface area contributed by atoms with E-state index >= 15 is 0 Å². The summed E-state index contributed by atoms with van der Waals surface area (Å²) in [7, 11) is 0. The first-order valence-corrected chi connectivity index (χ1v) is 4.22. The number of aromatic nitrogens is 1. The summed E-state index contributed by atoms with van der Waals surface area (Å²) in [5.41, 5.74) is 9.30. The minimum Gasteiger partial charge on any atom is -0.369 e. The van der Waals surface area contributed by atoms with Crippen LogP contribution in [0.5, 0.6) is 0 Å². The van der Waals surface area contributed by atoms with Crippen LogP contribution >= 0.6 is 0 Å². The molecule has 1 rings (SSSR count). The highest BCUT2D eigenvalue weighted by Gasteiger charge is 2.06. The topological polar surface area (TPSA) is 56.0 Å². The van der Waals surface area contributed by atoms with Crippen LogP contribution in [0.4, 0.5) is 0 Å². The number of primary amides is 1. The van der Waals surface area contributed by atoms with Gasteiger partial charge in [0.2, 0.25) is 5.91 Å². The van der Waals surface area contributed by atoms with E-state index in [2.05, 4.69) is 4.98 Å². The van der Waals surface area contributed by atoms with Crippen LogP contribution in [0.1, 0.15) is 22.4 Å². The molecule has 2 N–H and O–H groups in total. The van der Waals surface area contributed by atoms with Gasteiger partial charge in [-0.05, 0) is 37.5 Å². The van der Waals surface area contributed by atoms with Gasteiger partial charge in [0.1, 0.15) is 0 Å². The minimum atomic E-state index is -0.312. The van der Waals surface area contributed by atoms with Crippen LogP contribution < -0.4 is 5.73 Å². The third kappa shape index (κ3) is 2.05. The third-order valence-corrected chi connectivity index (χ3v) is 2.37. The zero-order chi connectivity index (χ0) is 10.0. The first-order valence-electron chi connectivity index (χ1n) is 4.22. The van der Waals surface area contributed by atoms with E-state index < -0.39 is 0 Å². The summed E-state index contributed by atoms with van der Waals surface area (Å²) < 4.78 is 0. The molecule has 0 spiro atoms. The van der Waals surface area contributed by atoms with Gasteiger partial charge >= 0.3 is 0 Å². The van der Waals surface area contributed by atoms with Crippen molar-refractivity contribution >= 4 is 5.91 Å². The van der Waals surface area contributed by atoms with E-state index in [4.69, 9.17) is 5.73 Å². The van der Waals surface area contributed by atoms with Gasteiger partial charge in [0.15, 0.2) is 0 Å². The molecule has 3 nitrogen and oxygen atoms in total. The lowest BCUT2D eigenvalue weighted by molar-refractivity contribution is -0.117. The lowest BCUT2D eigenvalue weighted by Crippen LogP contribution is -2.15. The summed E-state index contributed by atoms with van der Waals surface area (Å²) >= 11 is 0. The Morgan fingerprint density at radius 3 is 2.54 bits per heavy atom. The molecule has 0 aliphatic carbocycles. The summed E-state index contributed by atoms with van der Waals surface area (Å²) in [6.07, 6.45) is 2.00. The molecule has 70 valence electrons. The van der Waals surface area contributed by atoms with E-state index in [9.17, 15) is 4.79 Å². The Kier molecular flexibility index (Phi) is 2.66. The number of nitrogens with zero attached hydrogens (tertiary/aromatic N) is 1. The molecule has 0 unspecified atom stereocenters. The van der Waals surface area contributed by atoms with Gasteiger partial charge < -0.3 is 5.73 Å². The highest BCUT2D eigenvalue weighted by Crippen LogP contribution is 2.14. The molecule has 0 saturated heterocycles. The zero-order valence-electron chi connectivity index (χ0n) is 8.22. The monoisotopic (exact) mass is 178 g/mol. The van der Waals surface area contributed by atoms with Crippen molar-refractivity contribution in [2.45, 2.75) is 27.2 Å². The van der Waals surface area contributed by atoms with E-state index in [0.717, 1.165) is 22.4 Å². The highest BCUT2D eigenvalue weighted by atomic mass is 16.1. The molecule has 0 bridgehead atoms. The van der Waals surface area contributed by atoms with Crippen LogP contribution in [0.2, 0.25) is 0 Å². The van der Waals surface area contributed by atoms with Crippen LogP contribution in [0, 0.1) is 20.8 Å². The fourth-order valence-electron chi connectivity index (χ4n) is 1.25. The Balaban J connectivity index is 3.10. The summed E-state index contributed by atoms with van der Waals surface area (Å²) in [5.74, 6) is -0.312. The third-order valence-electron chi connectivity index (χ3n) is 2.37. The molecule has 0 aromatic carbocycles. The van der Waals surface area contributed by atoms with Crippen molar-refractivity contribution in [3.05, 3.63) is 28.6 Å². The maximum Gasteiger partial charge on any atom is 0.221 e. The van der Waals surface area contributed by atoms with Gasteiger partial charge in [-0.15, -0.1) is 0 Å². The van der Waals surface area contributed by atoms with Crippen LogP contribution in [-0.2, 0) is 11.2 Å². The number of nitrogens with two attached hydrogens (primary N) is 1. The number of aryl methyl sites for hydroxylation is 1. The number of hydrogen-bond donors (Lipinski definition) is 1. The van der Waals surface area contributed by atoms with E-state index in [1.165, 1.54) is 0 Å². The largest absolute Gasteiger partial charge is 0.369 e.